The van der Waals surface area contributed by atoms with E-state index >= 15 is 0 Å². The summed E-state index contributed by atoms with van der Waals surface area (Å²) in [6.45, 7) is 0. The van der Waals surface area contributed by atoms with Crippen LogP contribution in [0.1, 0.15) is 5.56 Å². The fraction of sp³-hybridized carbons (Fsp3) is 0. The van der Waals surface area contributed by atoms with Crippen LogP contribution in [0, 0.1) is 0 Å². The number of phenolic OH excluding ortho intramolecular Hbond substituents is 2. The first-order valence-corrected chi connectivity index (χ1v) is 6.16. The van der Waals surface area contributed by atoms with Gasteiger partial charge in [0.15, 0.2) is 0 Å². The predicted octanol–water partition coefficient (Wildman–Crippen LogP) is 2.23. The number of ether oxygens (including phenoxy) is 1. The number of rotatable bonds is 2. The molecule has 0 saturated carbocycles. The van der Waals surface area contributed by atoms with Crippen molar-refractivity contribution in [3.8, 4) is 22.6 Å². The zero-order valence-corrected chi connectivity index (χ0v) is 10.7. The second kappa shape index (κ2) is 4.79. The Bertz CT molecular complexity index is 789. The first-order valence-electron chi connectivity index (χ1n) is 6.16. The molecule has 0 amide bonds. The second-order valence-electron chi connectivity index (χ2n) is 4.48. The molecule has 21 heavy (non-hydrogen) atoms. The molecule has 0 atom stereocenters. The first-order chi connectivity index (χ1) is 10.1. The second-order valence-corrected chi connectivity index (χ2v) is 4.48. The lowest BCUT2D eigenvalue weighted by Crippen LogP contribution is -2.02. The third-order valence-corrected chi connectivity index (χ3v) is 3.18. The van der Waals surface area contributed by atoms with Gasteiger partial charge in [0, 0.05) is 22.8 Å². The highest BCUT2D eigenvalue weighted by Gasteiger charge is 2.28. The van der Waals surface area contributed by atoms with Crippen molar-refractivity contribution in [2.45, 2.75) is 0 Å². The van der Waals surface area contributed by atoms with Gasteiger partial charge in [-0.3, -0.25) is 0 Å². The van der Waals surface area contributed by atoms with Crippen LogP contribution >= 0.6 is 0 Å². The number of esters is 2. The molecule has 1 aliphatic heterocycles. The summed E-state index contributed by atoms with van der Waals surface area (Å²) >= 11 is 0. The van der Waals surface area contributed by atoms with E-state index < -0.39 is 11.9 Å². The monoisotopic (exact) mass is 282 g/mol. The molecule has 5 heteroatoms. The molecule has 2 aromatic carbocycles. The van der Waals surface area contributed by atoms with Gasteiger partial charge in [0.1, 0.15) is 11.5 Å². The topological polar surface area (TPSA) is 83.8 Å². The third kappa shape index (κ3) is 2.14. The van der Waals surface area contributed by atoms with Crippen LogP contribution in [0.4, 0.5) is 0 Å². The van der Waals surface area contributed by atoms with Gasteiger partial charge in [-0.05, 0) is 12.1 Å². The van der Waals surface area contributed by atoms with E-state index in [1.807, 2.05) is 0 Å². The van der Waals surface area contributed by atoms with Gasteiger partial charge in [-0.2, -0.15) is 0 Å². The van der Waals surface area contributed by atoms with Crippen molar-refractivity contribution in [2.24, 2.45) is 0 Å². The summed E-state index contributed by atoms with van der Waals surface area (Å²) in [5.74, 6) is -1.68. The molecule has 1 heterocycles. The quantitative estimate of drug-likeness (QED) is 0.652. The summed E-state index contributed by atoms with van der Waals surface area (Å²) in [5, 5.41) is 20.1. The molecule has 0 bridgehead atoms. The lowest BCUT2D eigenvalue weighted by molar-refractivity contribution is -0.149. The molecular formula is C16H10O5. The fourth-order valence-corrected chi connectivity index (χ4v) is 2.27. The number of hydrogen-bond donors (Lipinski definition) is 2. The Balaban J connectivity index is 2.27. The van der Waals surface area contributed by atoms with Crippen LogP contribution in [0.15, 0.2) is 48.5 Å². The Hall–Kier alpha value is -3.08. The maximum absolute atomic E-state index is 11.7. The Morgan fingerprint density at radius 1 is 0.810 bits per heavy atom. The van der Waals surface area contributed by atoms with Crippen molar-refractivity contribution in [1.29, 1.82) is 0 Å². The summed E-state index contributed by atoms with van der Waals surface area (Å²) in [5.41, 5.74) is 1.01. The van der Waals surface area contributed by atoms with Gasteiger partial charge in [-0.15, -0.1) is 0 Å². The molecule has 0 spiro atoms. The molecule has 2 N–H and O–H groups in total. The number of cyclic esters (lactones) is 2. The summed E-state index contributed by atoms with van der Waals surface area (Å²) in [7, 11) is 0. The Morgan fingerprint density at radius 3 is 2.14 bits per heavy atom. The van der Waals surface area contributed by atoms with Crippen LogP contribution < -0.4 is 0 Å². The van der Waals surface area contributed by atoms with E-state index in [0.717, 1.165) is 6.08 Å². The number of phenols is 2. The molecule has 104 valence electrons. The highest BCUT2D eigenvalue weighted by molar-refractivity contribution is 6.29. The van der Waals surface area contributed by atoms with Crippen LogP contribution in [0.25, 0.3) is 16.7 Å². The van der Waals surface area contributed by atoms with Crippen molar-refractivity contribution in [3.05, 3.63) is 54.1 Å². The standard InChI is InChI=1S/C16H10O5/c17-12-6-2-1-4-10(12)15-9(5-3-7-13(15)18)11-8-14(19)21-16(11)20/h1-8,17-18H. The molecular weight excluding hydrogens is 272 g/mol. The smallest absolute Gasteiger partial charge is 0.346 e. The zero-order chi connectivity index (χ0) is 15.0. The van der Waals surface area contributed by atoms with Crippen molar-refractivity contribution in [3.63, 3.8) is 0 Å². The molecule has 2 aromatic rings. The summed E-state index contributed by atoms with van der Waals surface area (Å²) in [6, 6.07) is 11.0. The van der Waals surface area contributed by atoms with E-state index in [0.29, 0.717) is 11.1 Å². The maximum Gasteiger partial charge on any atom is 0.346 e. The molecule has 0 saturated heterocycles. The van der Waals surface area contributed by atoms with Crippen LogP contribution in [0.2, 0.25) is 0 Å². The fourth-order valence-electron chi connectivity index (χ4n) is 2.27. The van der Waals surface area contributed by atoms with Crippen molar-refractivity contribution in [1.82, 2.24) is 0 Å². The molecule has 0 unspecified atom stereocenters. The Kier molecular flexibility index (Phi) is 2.95. The van der Waals surface area contributed by atoms with Crippen molar-refractivity contribution < 1.29 is 24.5 Å². The van der Waals surface area contributed by atoms with Crippen molar-refractivity contribution >= 4 is 17.5 Å². The number of aromatic hydroxyl groups is 2. The largest absolute Gasteiger partial charge is 0.507 e. The minimum atomic E-state index is -0.776. The highest BCUT2D eigenvalue weighted by Crippen LogP contribution is 2.41. The molecule has 0 fully saturated rings. The van der Waals surface area contributed by atoms with Gasteiger partial charge in [0.2, 0.25) is 0 Å². The molecule has 0 radical (unpaired) electrons. The van der Waals surface area contributed by atoms with Gasteiger partial charge in [-0.25, -0.2) is 9.59 Å². The number of benzene rings is 2. The number of hydrogen-bond acceptors (Lipinski definition) is 5. The van der Waals surface area contributed by atoms with Gasteiger partial charge < -0.3 is 14.9 Å². The maximum atomic E-state index is 11.7. The van der Waals surface area contributed by atoms with Crippen LogP contribution in [0.3, 0.4) is 0 Å². The summed E-state index contributed by atoms with van der Waals surface area (Å²) < 4.78 is 4.47. The van der Waals surface area contributed by atoms with E-state index in [9.17, 15) is 19.8 Å². The molecule has 0 aromatic heterocycles. The van der Waals surface area contributed by atoms with Gasteiger partial charge >= 0.3 is 11.9 Å². The van der Waals surface area contributed by atoms with E-state index in [-0.39, 0.29) is 22.6 Å². The molecule has 3 rings (SSSR count). The lowest BCUT2D eigenvalue weighted by Gasteiger charge is -2.12. The van der Waals surface area contributed by atoms with E-state index in [2.05, 4.69) is 4.74 Å². The average molecular weight is 282 g/mol. The SMILES string of the molecule is O=C1C=C(c2cccc(O)c2-c2ccccc2O)C(=O)O1. The summed E-state index contributed by atoms with van der Waals surface area (Å²) in [6.07, 6.45) is 1.07. The van der Waals surface area contributed by atoms with Crippen molar-refractivity contribution in [2.75, 3.05) is 0 Å². The minimum absolute atomic E-state index is 0.0430. The molecule has 1 aliphatic rings. The normalized spacial score (nSPS) is 14.0. The van der Waals surface area contributed by atoms with Gasteiger partial charge in [0.25, 0.3) is 0 Å². The number of para-hydroxylation sites is 1. The van der Waals surface area contributed by atoms with E-state index in [1.54, 1.807) is 30.3 Å². The van der Waals surface area contributed by atoms with Crippen LogP contribution in [0.5, 0.6) is 11.5 Å². The zero-order valence-electron chi connectivity index (χ0n) is 10.7. The highest BCUT2D eigenvalue weighted by atomic mass is 16.6. The molecule has 0 aliphatic carbocycles. The lowest BCUT2D eigenvalue weighted by atomic mass is 9.93. The Morgan fingerprint density at radius 2 is 1.48 bits per heavy atom. The predicted molar refractivity (Wildman–Crippen MR) is 74.3 cm³/mol. The van der Waals surface area contributed by atoms with E-state index in [1.165, 1.54) is 12.1 Å². The average Bonchev–Trinajstić information content (AvgIpc) is 2.78. The molecule has 5 nitrogen and oxygen atoms in total. The van der Waals surface area contributed by atoms with Gasteiger partial charge in [0.05, 0.1) is 5.57 Å². The third-order valence-electron chi connectivity index (χ3n) is 3.18. The van der Waals surface area contributed by atoms with E-state index in [4.69, 9.17) is 0 Å². The van der Waals surface area contributed by atoms with Gasteiger partial charge in [-0.1, -0.05) is 30.3 Å². The minimum Gasteiger partial charge on any atom is -0.507 e. The van der Waals surface area contributed by atoms with Crippen LogP contribution in [-0.4, -0.2) is 22.2 Å². The first kappa shape index (κ1) is 12.9. The Labute approximate surface area is 119 Å². The van der Waals surface area contributed by atoms with Crippen LogP contribution in [-0.2, 0) is 14.3 Å². The number of carbonyl (C=O) groups excluding carboxylic acids is 2. The number of carbonyl (C=O) groups is 2. The summed E-state index contributed by atoms with van der Waals surface area (Å²) in [4.78, 5) is 22.9.